The molecule has 0 fully saturated rings. The van der Waals surface area contributed by atoms with Crippen molar-refractivity contribution in [3.8, 4) is 6.01 Å². The second-order valence-corrected chi connectivity index (χ2v) is 6.55. The highest BCUT2D eigenvalue weighted by molar-refractivity contribution is 7.92. The molecule has 1 aliphatic heterocycles. The Labute approximate surface area is 121 Å². The summed E-state index contributed by atoms with van der Waals surface area (Å²) in [6.07, 6.45) is 4.39. The summed E-state index contributed by atoms with van der Waals surface area (Å²) < 4.78 is 33.6. The fourth-order valence-electron chi connectivity index (χ4n) is 2.36. The Balaban J connectivity index is 1.88. The van der Waals surface area contributed by atoms with Crippen LogP contribution in [0.2, 0.25) is 0 Å². The summed E-state index contributed by atoms with van der Waals surface area (Å²) in [6, 6.07) is 0.320. The Hall–Kier alpha value is -2.10. The van der Waals surface area contributed by atoms with E-state index in [1.54, 1.807) is 6.20 Å². The van der Waals surface area contributed by atoms with E-state index in [1.165, 1.54) is 7.11 Å². The minimum Gasteiger partial charge on any atom is -0.466 e. The molecule has 0 aliphatic carbocycles. The number of nitrogens with zero attached hydrogens (tertiary/aromatic N) is 4. The maximum absolute atomic E-state index is 12.3. The van der Waals surface area contributed by atoms with E-state index in [4.69, 9.17) is 4.74 Å². The molecular weight excluding hydrogens is 296 g/mol. The first-order valence-electron chi connectivity index (χ1n) is 6.56. The molecule has 21 heavy (non-hydrogen) atoms. The summed E-state index contributed by atoms with van der Waals surface area (Å²) in [5.74, 6) is 0.787. The van der Waals surface area contributed by atoms with Gasteiger partial charge in [-0.05, 0) is 19.8 Å². The molecule has 0 saturated heterocycles. The van der Waals surface area contributed by atoms with Crippen molar-refractivity contribution >= 4 is 16.0 Å². The van der Waals surface area contributed by atoms with Crippen LogP contribution in [0.25, 0.3) is 0 Å². The SMILES string of the molecule is COc1n[nH]c(NS(=O)(=O)c2cn3c(n2)CCCC3C)n1. The molecule has 0 aromatic carbocycles. The molecule has 0 spiro atoms. The molecular formula is C11H16N6O3S. The van der Waals surface area contributed by atoms with Gasteiger partial charge >= 0.3 is 6.01 Å². The summed E-state index contributed by atoms with van der Waals surface area (Å²) in [6.45, 7) is 2.05. The van der Waals surface area contributed by atoms with Gasteiger partial charge in [-0.3, -0.25) is 0 Å². The maximum Gasteiger partial charge on any atom is 0.336 e. The van der Waals surface area contributed by atoms with Gasteiger partial charge in [0, 0.05) is 18.7 Å². The highest BCUT2D eigenvalue weighted by Crippen LogP contribution is 2.26. The number of H-pyrrole nitrogens is 1. The number of imidazole rings is 1. The van der Waals surface area contributed by atoms with E-state index in [2.05, 4.69) is 31.8 Å². The third-order valence-electron chi connectivity index (χ3n) is 3.44. The number of aryl methyl sites for hydroxylation is 1. The number of aromatic amines is 1. The predicted molar refractivity (Wildman–Crippen MR) is 73.6 cm³/mol. The second-order valence-electron chi connectivity index (χ2n) is 4.92. The van der Waals surface area contributed by atoms with E-state index < -0.39 is 10.0 Å². The van der Waals surface area contributed by atoms with Gasteiger partial charge in [0.25, 0.3) is 10.0 Å². The fraction of sp³-hybridized carbons (Fsp3) is 0.545. The third-order valence-corrected chi connectivity index (χ3v) is 4.65. The van der Waals surface area contributed by atoms with Crippen LogP contribution in [-0.4, -0.2) is 40.3 Å². The molecule has 3 rings (SSSR count). The lowest BCUT2D eigenvalue weighted by molar-refractivity contribution is 0.382. The average Bonchev–Trinajstić information content (AvgIpc) is 3.05. The van der Waals surface area contributed by atoms with Crippen molar-refractivity contribution < 1.29 is 13.2 Å². The molecule has 9 nitrogen and oxygen atoms in total. The van der Waals surface area contributed by atoms with Crippen LogP contribution in [-0.2, 0) is 16.4 Å². The Morgan fingerprint density at radius 2 is 2.29 bits per heavy atom. The van der Waals surface area contributed by atoms with Gasteiger partial charge in [0.15, 0.2) is 5.03 Å². The molecule has 3 heterocycles. The number of fused-ring (bicyclic) bond motifs is 1. The van der Waals surface area contributed by atoms with E-state index in [0.29, 0.717) is 0 Å². The van der Waals surface area contributed by atoms with Crippen molar-refractivity contribution in [3.63, 3.8) is 0 Å². The zero-order chi connectivity index (χ0) is 15.0. The maximum atomic E-state index is 12.3. The quantitative estimate of drug-likeness (QED) is 0.859. The second kappa shape index (κ2) is 5.02. The standard InChI is InChI=1S/C11H16N6O3S/c1-7-4-3-5-8-12-9(6-17(7)8)21(18,19)16-10-13-11(20-2)15-14-10/h6-7H,3-5H2,1-2H3,(H2,13,14,15,16). The largest absolute Gasteiger partial charge is 0.466 e. The van der Waals surface area contributed by atoms with Gasteiger partial charge in [-0.1, -0.05) is 0 Å². The molecule has 1 aliphatic rings. The van der Waals surface area contributed by atoms with Crippen LogP contribution in [0.1, 0.15) is 31.6 Å². The highest BCUT2D eigenvalue weighted by atomic mass is 32.2. The molecule has 1 unspecified atom stereocenters. The van der Waals surface area contributed by atoms with Gasteiger partial charge in [0.05, 0.1) is 7.11 Å². The number of aromatic nitrogens is 5. The van der Waals surface area contributed by atoms with Crippen LogP contribution in [0.3, 0.4) is 0 Å². The number of nitrogens with one attached hydrogen (secondary N) is 2. The van der Waals surface area contributed by atoms with Crippen LogP contribution in [0, 0.1) is 0 Å². The molecule has 2 N–H and O–H groups in total. The number of ether oxygens (including phenoxy) is 1. The molecule has 114 valence electrons. The number of rotatable bonds is 4. The van der Waals surface area contributed by atoms with Gasteiger partial charge in [0.1, 0.15) is 5.82 Å². The summed E-state index contributed by atoms with van der Waals surface area (Å²) >= 11 is 0. The smallest absolute Gasteiger partial charge is 0.336 e. The Morgan fingerprint density at radius 1 is 1.48 bits per heavy atom. The van der Waals surface area contributed by atoms with Crippen molar-refractivity contribution in [2.75, 3.05) is 11.8 Å². The molecule has 0 radical (unpaired) electrons. The van der Waals surface area contributed by atoms with Crippen LogP contribution >= 0.6 is 0 Å². The van der Waals surface area contributed by atoms with E-state index in [0.717, 1.165) is 25.1 Å². The molecule has 1 atom stereocenters. The fourth-order valence-corrected chi connectivity index (χ4v) is 3.29. The predicted octanol–water partition coefficient (Wildman–Crippen LogP) is 0.708. The minimum absolute atomic E-state index is 0.00845. The van der Waals surface area contributed by atoms with Crippen LogP contribution in [0.4, 0.5) is 5.95 Å². The van der Waals surface area contributed by atoms with E-state index in [-0.39, 0.29) is 23.0 Å². The van der Waals surface area contributed by atoms with Crippen LogP contribution < -0.4 is 9.46 Å². The molecule has 0 bridgehead atoms. The summed E-state index contributed by atoms with van der Waals surface area (Å²) in [5.41, 5.74) is 0. The summed E-state index contributed by atoms with van der Waals surface area (Å²) in [5, 5.41) is 6.11. The van der Waals surface area contributed by atoms with Crippen molar-refractivity contribution in [2.24, 2.45) is 0 Å². The lowest BCUT2D eigenvalue weighted by atomic mass is 10.1. The van der Waals surface area contributed by atoms with Gasteiger partial charge < -0.3 is 9.30 Å². The van der Waals surface area contributed by atoms with Gasteiger partial charge in [-0.15, -0.1) is 5.10 Å². The zero-order valence-corrected chi connectivity index (χ0v) is 12.5. The van der Waals surface area contributed by atoms with Crippen molar-refractivity contribution in [3.05, 3.63) is 12.0 Å². The molecule has 2 aromatic rings. The van der Waals surface area contributed by atoms with Crippen LogP contribution in [0.5, 0.6) is 6.01 Å². The molecule has 2 aromatic heterocycles. The molecule has 0 amide bonds. The lowest BCUT2D eigenvalue weighted by Gasteiger charge is -2.20. The first-order chi connectivity index (χ1) is 9.99. The Kier molecular flexibility index (Phi) is 3.32. The number of sulfonamides is 1. The van der Waals surface area contributed by atoms with Crippen molar-refractivity contribution in [1.29, 1.82) is 0 Å². The lowest BCUT2D eigenvalue weighted by Crippen LogP contribution is -2.14. The average molecular weight is 312 g/mol. The van der Waals surface area contributed by atoms with Crippen LogP contribution in [0.15, 0.2) is 11.2 Å². The molecule has 10 heteroatoms. The topological polar surface area (TPSA) is 115 Å². The summed E-state index contributed by atoms with van der Waals surface area (Å²) in [4.78, 5) is 8.04. The third kappa shape index (κ3) is 2.58. The Morgan fingerprint density at radius 3 is 2.95 bits per heavy atom. The first kappa shape index (κ1) is 13.9. The van der Waals surface area contributed by atoms with Gasteiger partial charge in [0.2, 0.25) is 5.95 Å². The monoisotopic (exact) mass is 312 g/mol. The molecule has 0 saturated carbocycles. The normalized spacial score (nSPS) is 18.3. The highest BCUT2D eigenvalue weighted by Gasteiger charge is 2.25. The van der Waals surface area contributed by atoms with E-state index >= 15 is 0 Å². The number of hydrogen-bond donors (Lipinski definition) is 2. The van der Waals surface area contributed by atoms with E-state index in [1.807, 2.05) is 4.57 Å². The van der Waals surface area contributed by atoms with E-state index in [9.17, 15) is 8.42 Å². The van der Waals surface area contributed by atoms with Gasteiger partial charge in [-0.2, -0.15) is 13.4 Å². The Bertz CT molecular complexity index is 750. The first-order valence-corrected chi connectivity index (χ1v) is 8.05. The van der Waals surface area contributed by atoms with Gasteiger partial charge in [-0.25, -0.2) is 14.8 Å². The zero-order valence-electron chi connectivity index (χ0n) is 11.7. The summed E-state index contributed by atoms with van der Waals surface area (Å²) in [7, 11) is -2.40. The number of anilines is 1. The number of hydrogen-bond acceptors (Lipinski definition) is 6. The minimum atomic E-state index is -3.80. The van der Waals surface area contributed by atoms with Crippen molar-refractivity contribution in [2.45, 2.75) is 37.3 Å². The number of methoxy groups -OCH3 is 1. The van der Waals surface area contributed by atoms with Crippen molar-refractivity contribution in [1.82, 2.24) is 24.7 Å².